The molecule has 0 unspecified atom stereocenters. The van der Waals surface area contributed by atoms with Crippen molar-refractivity contribution in [3.63, 3.8) is 0 Å². The minimum atomic E-state index is -0.290. The van der Waals surface area contributed by atoms with Gasteiger partial charge in [-0.05, 0) is 0 Å². The van der Waals surface area contributed by atoms with Crippen LogP contribution >= 0.6 is 24.8 Å². The molecule has 1 aromatic rings. The van der Waals surface area contributed by atoms with Crippen molar-refractivity contribution in [2.45, 2.75) is 11.9 Å². The number of hydrogen-bond acceptors (Lipinski definition) is 1. The minimum Gasteiger partial charge on any atom is -0.385 e. The third-order valence-corrected chi connectivity index (χ3v) is 4.63. The van der Waals surface area contributed by atoms with Crippen LogP contribution in [0.1, 0.15) is 6.92 Å². The smallest absolute Gasteiger partial charge is 0.128 e. The van der Waals surface area contributed by atoms with Crippen LogP contribution < -0.4 is 9.89 Å². The SMILES string of the molecule is C[CH2][Zn][c]1ccccc1.NC(=S)S. The van der Waals surface area contributed by atoms with Gasteiger partial charge < -0.3 is 5.73 Å². The van der Waals surface area contributed by atoms with Crippen molar-refractivity contribution in [1.82, 2.24) is 0 Å². The maximum Gasteiger partial charge on any atom is 0.128 e. The zero-order valence-corrected chi connectivity index (χ0v) is 12.4. The molecule has 1 rings (SSSR count). The van der Waals surface area contributed by atoms with Crippen LogP contribution in [0.2, 0.25) is 5.02 Å². The van der Waals surface area contributed by atoms with Crippen molar-refractivity contribution >= 4 is 33.3 Å². The van der Waals surface area contributed by atoms with Crippen molar-refractivity contribution in [3.8, 4) is 0 Å². The largest absolute Gasteiger partial charge is 0.385 e. The van der Waals surface area contributed by atoms with Gasteiger partial charge in [-0.15, -0.1) is 12.6 Å². The summed E-state index contributed by atoms with van der Waals surface area (Å²) in [6, 6.07) is 10.9. The van der Waals surface area contributed by atoms with Gasteiger partial charge in [-0.2, -0.15) is 0 Å². The molecule has 0 aliphatic heterocycles. The van der Waals surface area contributed by atoms with Gasteiger partial charge in [0.1, 0.15) is 4.32 Å². The first-order valence-corrected chi connectivity index (χ1v) is 8.62. The number of rotatable bonds is 2. The Bertz CT molecular complexity index is 235. The maximum atomic E-state index is 4.71. The van der Waals surface area contributed by atoms with E-state index in [4.69, 9.17) is 5.73 Å². The Labute approximate surface area is 98.1 Å². The second-order valence-corrected chi connectivity index (χ2v) is 8.66. The normalized spacial score (nSPS) is 7.85. The van der Waals surface area contributed by atoms with Crippen LogP contribution in [0.5, 0.6) is 0 Å². The van der Waals surface area contributed by atoms with Crippen molar-refractivity contribution in [2.24, 2.45) is 5.73 Å². The molecule has 4 heteroatoms. The van der Waals surface area contributed by atoms with E-state index in [1.54, 1.807) is 4.16 Å². The molecule has 68 valence electrons. The topological polar surface area (TPSA) is 26.0 Å². The average molecular weight is 265 g/mol. The fourth-order valence-electron chi connectivity index (χ4n) is 0.933. The summed E-state index contributed by atoms with van der Waals surface area (Å²) >= 11 is 7.36. The van der Waals surface area contributed by atoms with E-state index in [0.717, 1.165) is 0 Å². The molecule has 0 aliphatic carbocycles. The van der Waals surface area contributed by atoms with Gasteiger partial charge >= 0.3 is 63.6 Å². The second-order valence-electron chi connectivity index (χ2n) is 2.57. The Kier molecular flexibility index (Phi) is 8.73. The van der Waals surface area contributed by atoms with Crippen molar-refractivity contribution < 1.29 is 17.1 Å². The first-order valence-electron chi connectivity index (χ1n) is 4.19. The predicted octanol–water partition coefficient (Wildman–Crippen LogP) is 1.99. The Balaban J connectivity index is 0.000000310. The van der Waals surface area contributed by atoms with Crippen LogP contribution in [-0.2, 0) is 17.1 Å². The molecule has 0 bridgehead atoms. The van der Waals surface area contributed by atoms with Crippen LogP contribution in [0, 0.1) is 0 Å². The number of nitrogens with two attached hydrogens (primary N) is 1. The number of hydrogen-bond donors (Lipinski definition) is 2. The zero-order chi connectivity index (χ0) is 10.1. The van der Waals surface area contributed by atoms with E-state index in [0.29, 0.717) is 0 Å². The predicted molar refractivity (Wildman–Crippen MR) is 62.3 cm³/mol. The molecule has 0 spiro atoms. The quantitative estimate of drug-likeness (QED) is 0.485. The molecule has 1 aromatic carbocycles. The van der Waals surface area contributed by atoms with Crippen LogP contribution in [0.3, 0.4) is 0 Å². The van der Waals surface area contributed by atoms with Gasteiger partial charge in [0.15, 0.2) is 0 Å². The molecule has 0 saturated heterocycles. The molecule has 2 N–H and O–H groups in total. The van der Waals surface area contributed by atoms with Gasteiger partial charge in [-0.25, -0.2) is 0 Å². The molecule has 0 atom stereocenters. The van der Waals surface area contributed by atoms with Crippen LogP contribution in [0.4, 0.5) is 0 Å². The first-order chi connectivity index (χ1) is 6.16. The summed E-state index contributed by atoms with van der Waals surface area (Å²) in [6.07, 6.45) is 0. The number of thiocarbonyl (C=S) groups is 1. The summed E-state index contributed by atoms with van der Waals surface area (Å²) < 4.78 is 1.83. The third-order valence-electron chi connectivity index (χ3n) is 1.38. The van der Waals surface area contributed by atoms with E-state index < -0.39 is 0 Å². The van der Waals surface area contributed by atoms with Gasteiger partial charge in [0.25, 0.3) is 0 Å². The number of thiol groups is 1. The third kappa shape index (κ3) is 10.0. The van der Waals surface area contributed by atoms with Crippen molar-refractivity contribution in [3.05, 3.63) is 30.3 Å². The van der Waals surface area contributed by atoms with Gasteiger partial charge in [0.2, 0.25) is 0 Å². The fourth-order valence-corrected chi connectivity index (χ4v) is 3.42. The minimum absolute atomic E-state index is 0.194. The van der Waals surface area contributed by atoms with E-state index >= 15 is 0 Å². The molecular weight excluding hydrogens is 252 g/mol. The summed E-state index contributed by atoms with van der Waals surface area (Å²) in [4.78, 5) is 0. The van der Waals surface area contributed by atoms with Crippen LogP contribution in [-0.4, -0.2) is 4.32 Å². The Morgan fingerprint density at radius 3 is 2.31 bits per heavy atom. The van der Waals surface area contributed by atoms with E-state index in [2.05, 4.69) is 62.1 Å². The first kappa shape index (κ1) is 13.1. The summed E-state index contributed by atoms with van der Waals surface area (Å²) in [6.45, 7) is 2.28. The van der Waals surface area contributed by atoms with Gasteiger partial charge in [0, 0.05) is 0 Å². The van der Waals surface area contributed by atoms with Gasteiger partial charge in [0.05, 0.1) is 0 Å². The summed E-state index contributed by atoms with van der Waals surface area (Å²) in [5, 5.41) is 1.43. The molecule has 13 heavy (non-hydrogen) atoms. The molecule has 0 saturated carbocycles. The van der Waals surface area contributed by atoms with Gasteiger partial charge in [-0.3, -0.25) is 0 Å². The van der Waals surface area contributed by atoms with Crippen LogP contribution in [0.15, 0.2) is 30.3 Å². The van der Waals surface area contributed by atoms with Crippen molar-refractivity contribution in [2.75, 3.05) is 0 Å². The summed E-state index contributed by atoms with van der Waals surface area (Å²) in [5.41, 5.74) is 4.71. The molecular formula is C9H13NS2Zn. The number of benzene rings is 1. The molecule has 1 nitrogen and oxygen atoms in total. The molecule has 0 fully saturated rings. The summed E-state index contributed by atoms with van der Waals surface area (Å²) in [5.74, 6) is 0. The standard InChI is InChI=1S/C6H5.C2H5.CH3NS2.Zn/c1-2-4-6-5-3-1;1-2;2-1(3)4;/h1-5H;1H2,2H3;(H3,2,3,4);. The van der Waals surface area contributed by atoms with E-state index in [1.807, 2.05) is 0 Å². The Morgan fingerprint density at radius 2 is 1.92 bits per heavy atom. The zero-order valence-electron chi connectivity index (χ0n) is 7.73. The molecule has 0 radical (unpaired) electrons. The summed E-state index contributed by atoms with van der Waals surface area (Å²) in [7, 11) is 0. The molecule has 0 amide bonds. The van der Waals surface area contributed by atoms with Gasteiger partial charge in [-0.1, -0.05) is 12.2 Å². The van der Waals surface area contributed by atoms with Crippen molar-refractivity contribution in [1.29, 1.82) is 0 Å². The fraction of sp³-hybridized carbons (Fsp3) is 0.222. The maximum absolute atomic E-state index is 4.71. The van der Waals surface area contributed by atoms with E-state index in [1.165, 1.54) is 5.02 Å². The second kappa shape index (κ2) is 8.67. The Morgan fingerprint density at radius 1 is 1.46 bits per heavy atom. The average Bonchev–Trinajstić information content (AvgIpc) is 2.06. The monoisotopic (exact) mass is 263 g/mol. The molecule has 0 heterocycles. The Hall–Kier alpha value is 0.0834. The molecule has 0 aromatic heterocycles. The van der Waals surface area contributed by atoms with Crippen LogP contribution in [0.25, 0.3) is 0 Å². The molecule has 0 aliphatic rings. The van der Waals surface area contributed by atoms with E-state index in [9.17, 15) is 0 Å². The van der Waals surface area contributed by atoms with E-state index in [-0.39, 0.29) is 21.4 Å².